The SMILES string of the molecule is CCOc1ccccc1C(=O)NCC(=O)NCc1ccc(C(=O)OC)cc1. The molecule has 27 heavy (non-hydrogen) atoms. The van der Waals surface area contributed by atoms with Crippen molar-refractivity contribution in [2.75, 3.05) is 20.3 Å². The lowest BCUT2D eigenvalue weighted by Gasteiger charge is -2.11. The molecule has 7 nitrogen and oxygen atoms in total. The van der Waals surface area contributed by atoms with E-state index < -0.39 is 5.97 Å². The maximum atomic E-state index is 12.2. The lowest BCUT2D eigenvalue weighted by atomic mass is 10.1. The molecule has 0 saturated carbocycles. The minimum atomic E-state index is -0.416. The molecule has 2 amide bonds. The first-order valence-corrected chi connectivity index (χ1v) is 8.49. The second kappa shape index (κ2) is 9.96. The van der Waals surface area contributed by atoms with Crippen molar-refractivity contribution in [1.29, 1.82) is 0 Å². The summed E-state index contributed by atoms with van der Waals surface area (Å²) in [5, 5.41) is 5.28. The number of benzene rings is 2. The van der Waals surface area contributed by atoms with Gasteiger partial charge in [-0.2, -0.15) is 0 Å². The van der Waals surface area contributed by atoms with Crippen LogP contribution in [0.3, 0.4) is 0 Å². The van der Waals surface area contributed by atoms with E-state index in [9.17, 15) is 14.4 Å². The fraction of sp³-hybridized carbons (Fsp3) is 0.250. The zero-order valence-corrected chi connectivity index (χ0v) is 15.3. The number of carbonyl (C=O) groups is 3. The number of carbonyl (C=O) groups excluding carboxylic acids is 3. The predicted octanol–water partition coefficient (Wildman–Crippen LogP) is 1.92. The molecule has 0 aliphatic heterocycles. The maximum Gasteiger partial charge on any atom is 0.337 e. The van der Waals surface area contributed by atoms with E-state index in [1.807, 2.05) is 6.92 Å². The van der Waals surface area contributed by atoms with Gasteiger partial charge in [-0.15, -0.1) is 0 Å². The lowest BCUT2D eigenvalue weighted by Crippen LogP contribution is -2.36. The molecule has 2 N–H and O–H groups in total. The number of nitrogens with one attached hydrogen (secondary N) is 2. The molecule has 0 spiro atoms. The summed E-state index contributed by atoms with van der Waals surface area (Å²) in [4.78, 5) is 35.6. The highest BCUT2D eigenvalue weighted by molar-refractivity contribution is 5.98. The zero-order valence-electron chi connectivity index (χ0n) is 15.3. The van der Waals surface area contributed by atoms with E-state index in [2.05, 4.69) is 15.4 Å². The van der Waals surface area contributed by atoms with E-state index >= 15 is 0 Å². The quantitative estimate of drug-likeness (QED) is 0.693. The molecule has 2 rings (SSSR count). The van der Waals surface area contributed by atoms with Crippen LogP contribution in [0.1, 0.15) is 33.2 Å². The molecule has 0 aliphatic rings. The summed E-state index contributed by atoms with van der Waals surface area (Å²) < 4.78 is 10.0. The summed E-state index contributed by atoms with van der Waals surface area (Å²) in [6, 6.07) is 13.6. The number of hydrogen-bond donors (Lipinski definition) is 2. The molecular weight excluding hydrogens is 348 g/mol. The Morgan fingerprint density at radius 3 is 2.33 bits per heavy atom. The van der Waals surface area contributed by atoms with Gasteiger partial charge < -0.3 is 20.1 Å². The second-order valence-corrected chi connectivity index (χ2v) is 5.58. The molecular formula is C20H22N2O5. The number of rotatable bonds is 8. The number of hydrogen-bond acceptors (Lipinski definition) is 5. The van der Waals surface area contributed by atoms with Crippen LogP contribution in [-0.2, 0) is 16.1 Å². The van der Waals surface area contributed by atoms with Gasteiger partial charge in [-0.1, -0.05) is 24.3 Å². The first kappa shape index (κ1) is 20.0. The van der Waals surface area contributed by atoms with Crippen molar-refractivity contribution in [3.8, 4) is 5.75 Å². The molecule has 0 aliphatic carbocycles. The van der Waals surface area contributed by atoms with Crippen molar-refractivity contribution in [3.05, 3.63) is 65.2 Å². The van der Waals surface area contributed by atoms with Gasteiger partial charge in [-0.25, -0.2) is 4.79 Å². The Hall–Kier alpha value is -3.35. The molecule has 0 aromatic heterocycles. The first-order valence-electron chi connectivity index (χ1n) is 8.49. The summed E-state index contributed by atoms with van der Waals surface area (Å²) >= 11 is 0. The van der Waals surface area contributed by atoms with E-state index in [4.69, 9.17) is 4.74 Å². The molecule has 0 fully saturated rings. The second-order valence-electron chi connectivity index (χ2n) is 5.58. The Labute approximate surface area is 157 Å². The third-order valence-electron chi connectivity index (χ3n) is 3.71. The zero-order chi connectivity index (χ0) is 19.6. The smallest absolute Gasteiger partial charge is 0.337 e. The van der Waals surface area contributed by atoms with Crippen molar-refractivity contribution >= 4 is 17.8 Å². The molecule has 2 aromatic carbocycles. The maximum absolute atomic E-state index is 12.2. The van der Waals surface area contributed by atoms with Crippen molar-refractivity contribution < 1.29 is 23.9 Å². The van der Waals surface area contributed by atoms with Crippen molar-refractivity contribution in [3.63, 3.8) is 0 Å². The molecule has 0 radical (unpaired) electrons. The number of ether oxygens (including phenoxy) is 2. The van der Waals surface area contributed by atoms with Crippen LogP contribution in [0, 0.1) is 0 Å². The highest BCUT2D eigenvalue weighted by atomic mass is 16.5. The third-order valence-corrected chi connectivity index (χ3v) is 3.71. The van der Waals surface area contributed by atoms with Gasteiger partial charge in [0.05, 0.1) is 31.4 Å². The van der Waals surface area contributed by atoms with Gasteiger partial charge >= 0.3 is 5.97 Å². The summed E-state index contributed by atoms with van der Waals surface area (Å²) in [6.07, 6.45) is 0. The largest absolute Gasteiger partial charge is 0.493 e. The Balaban J connectivity index is 1.82. The fourth-order valence-electron chi connectivity index (χ4n) is 2.33. The van der Waals surface area contributed by atoms with Crippen LogP contribution in [0.15, 0.2) is 48.5 Å². The van der Waals surface area contributed by atoms with Gasteiger partial charge in [0.25, 0.3) is 5.91 Å². The first-order chi connectivity index (χ1) is 13.0. The van der Waals surface area contributed by atoms with Gasteiger partial charge in [-0.05, 0) is 36.8 Å². The van der Waals surface area contributed by atoms with Crippen molar-refractivity contribution in [2.45, 2.75) is 13.5 Å². The van der Waals surface area contributed by atoms with E-state index in [0.717, 1.165) is 5.56 Å². The van der Waals surface area contributed by atoms with Crippen LogP contribution < -0.4 is 15.4 Å². The van der Waals surface area contributed by atoms with Crippen LogP contribution in [-0.4, -0.2) is 38.0 Å². The topological polar surface area (TPSA) is 93.7 Å². The summed E-state index contributed by atoms with van der Waals surface area (Å²) in [7, 11) is 1.32. The molecule has 0 bridgehead atoms. The molecule has 0 heterocycles. The molecule has 0 atom stereocenters. The van der Waals surface area contributed by atoms with E-state index in [0.29, 0.717) is 23.5 Å². The Morgan fingerprint density at radius 2 is 1.67 bits per heavy atom. The van der Waals surface area contributed by atoms with Crippen LogP contribution in [0.2, 0.25) is 0 Å². The average Bonchev–Trinajstić information content (AvgIpc) is 2.71. The average molecular weight is 370 g/mol. The monoisotopic (exact) mass is 370 g/mol. The Kier molecular flexibility index (Phi) is 7.37. The summed E-state index contributed by atoms with van der Waals surface area (Å²) in [5.41, 5.74) is 1.64. The molecule has 0 unspecified atom stereocenters. The normalized spacial score (nSPS) is 10.0. The van der Waals surface area contributed by atoms with Gasteiger partial charge in [0, 0.05) is 6.54 Å². The Morgan fingerprint density at radius 1 is 0.963 bits per heavy atom. The lowest BCUT2D eigenvalue weighted by molar-refractivity contribution is -0.120. The highest BCUT2D eigenvalue weighted by Crippen LogP contribution is 2.17. The van der Waals surface area contributed by atoms with E-state index in [1.165, 1.54) is 7.11 Å². The minimum Gasteiger partial charge on any atom is -0.493 e. The standard InChI is InChI=1S/C20H22N2O5/c1-3-27-17-7-5-4-6-16(17)19(24)22-13-18(23)21-12-14-8-10-15(11-9-14)20(25)26-2/h4-11H,3,12-13H2,1-2H3,(H,21,23)(H,22,24). The molecule has 0 saturated heterocycles. The van der Waals surface area contributed by atoms with Crippen molar-refractivity contribution in [1.82, 2.24) is 10.6 Å². The highest BCUT2D eigenvalue weighted by Gasteiger charge is 2.13. The van der Waals surface area contributed by atoms with E-state index in [-0.39, 0.29) is 24.9 Å². The number of para-hydroxylation sites is 1. The van der Waals surface area contributed by atoms with Gasteiger partial charge in [0.1, 0.15) is 5.75 Å². The summed E-state index contributed by atoms with van der Waals surface area (Å²) in [6.45, 7) is 2.41. The van der Waals surface area contributed by atoms with Crippen LogP contribution >= 0.6 is 0 Å². The number of amides is 2. The van der Waals surface area contributed by atoms with Crippen molar-refractivity contribution in [2.24, 2.45) is 0 Å². The van der Waals surface area contributed by atoms with E-state index in [1.54, 1.807) is 48.5 Å². The van der Waals surface area contributed by atoms with Gasteiger partial charge in [-0.3, -0.25) is 9.59 Å². The third kappa shape index (κ3) is 5.85. The van der Waals surface area contributed by atoms with Crippen LogP contribution in [0.25, 0.3) is 0 Å². The van der Waals surface area contributed by atoms with Crippen LogP contribution in [0.5, 0.6) is 5.75 Å². The van der Waals surface area contributed by atoms with Gasteiger partial charge in [0.15, 0.2) is 0 Å². The summed E-state index contributed by atoms with van der Waals surface area (Å²) in [5.74, 6) is -0.643. The van der Waals surface area contributed by atoms with Crippen LogP contribution in [0.4, 0.5) is 0 Å². The predicted molar refractivity (Wildman–Crippen MR) is 99.6 cm³/mol. The number of esters is 1. The Bertz CT molecular complexity index is 802. The number of methoxy groups -OCH3 is 1. The fourth-order valence-corrected chi connectivity index (χ4v) is 2.33. The minimum absolute atomic E-state index is 0.153. The molecule has 142 valence electrons. The molecule has 2 aromatic rings. The van der Waals surface area contributed by atoms with Gasteiger partial charge in [0.2, 0.25) is 5.91 Å². The molecule has 7 heteroatoms.